The maximum absolute atomic E-state index is 13.4. The summed E-state index contributed by atoms with van der Waals surface area (Å²) < 4.78 is 15.2. The van der Waals surface area contributed by atoms with E-state index in [2.05, 4.69) is 21.9 Å². The molecule has 0 bridgehead atoms. The second kappa shape index (κ2) is 7.89. The lowest BCUT2D eigenvalue weighted by molar-refractivity contribution is 0.102. The summed E-state index contributed by atoms with van der Waals surface area (Å²) in [6.07, 6.45) is 9.34. The van der Waals surface area contributed by atoms with Crippen LogP contribution in [0.2, 0.25) is 0 Å². The summed E-state index contributed by atoms with van der Waals surface area (Å²) in [5, 5.41) is 4.41. The lowest BCUT2D eigenvalue weighted by Crippen LogP contribution is -2.39. The summed E-state index contributed by atoms with van der Waals surface area (Å²) in [6, 6.07) is 6.58. The zero-order valence-corrected chi connectivity index (χ0v) is 15.6. The van der Waals surface area contributed by atoms with Gasteiger partial charge in [-0.2, -0.15) is 5.10 Å². The van der Waals surface area contributed by atoms with Gasteiger partial charge in [0.25, 0.3) is 0 Å². The minimum Gasteiger partial charge on any atom is -0.306 e. The second-order valence-electron chi connectivity index (χ2n) is 8.03. The molecule has 4 nitrogen and oxygen atoms in total. The maximum atomic E-state index is 13.4. The molecule has 2 aromatic rings. The van der Waals surface area contributed by atoms with Crippen LogP contribution in [0.5, 0.6) is 0 Å². The topological polar surface area (TPSA) is 24.3 Å². The number of rotatable bonds is 4. The molecule has 1 aromatic heterocycles. The van der Waals surface area contributed by atoms with Crippen molar-refractivity contribution in [2.45, 2.75) is 32.2 Å². The predicted molar refractivity (Wildman–Crippen MR) is 102 cm³/mol. The van der Waals surface area contributed by atoms with Crippen molar-refractivity contribution in [2.75, 3.05) is 33.2 Å². The van der Waals surface area contributed by atoms with Gasteiger partial charge in [0.1, 0.15) is 5.82 Å². The smallest absolute Gasteiger partial charge is 0.125 e. The third-order valence-electron chi connectivity index (χ3n) is 6.18. The average Bonchev–Trinajstić information content (AvgIpc) is 3.12. The third kappa shape index (κ3) is 4.15. The number of aromatic nitrogens is 2. The fraction of sp³-hybridized carbons (Fsp3) is 0.571. The molecule has 2 aliphatic rings. The normalized spacial score (nSPS) is 21.3. The summed E-state index contributed by atoms with van der Waals surface area (Å²) in [5.41, 5.74) is 1.98. The molecule has 0 saturated carbocycles. The van der Waals surface area contributed by atoms with Crippen LogP contribution in [-0.4, -0.2) is 52.8 Å². The highest BCUT2D eigenvalue weighted by atomic mass is 19.1. The van der Waals surface area contributed by atoms with Crippen molar-refractivity contribution < 1.29 is 4.39 Å². The number of hydrogen-bond acceptors (Lipinski definition) is 3. The average molecular weight is 356 g/mol. The Labute approximate surface area is 155 Å². The van der Waals surface area contributed by atoms with Gasteiger partial charge in [0.15, 0.2) is 0 Å². The molecule has 2 aliphatic heterocycles. The maximum Gasteiger partial charge on any atom is 0.125 e. The molecule has 4 rings (SSSR count). The first-order chi connectivity index (χ1) is 12.7. The lowest BCUT2D eigenvalue weighted by Gasteiger charge is -2.39. The van der Waals surface area contributed by atoms with Gasteiger partial charge in [0.2, 0.25) is 0 Å². The minimum absolute atomic E-state index is 0.226. The fourth-order valence-corrected chi connectivity index (χ4v) is 4.54. The van der Waals surface area contributed by atoms with Crippen molar-refractivity contribution in [3.8, 4) is 5.69 Å². The van der Waals surface area contributed by atoms with E-state index in [0.717, 1.165) is 24.1 Å². The van der Waals surface area contributed by atoms with Crippen LogP contribution in [0, 0.1) is 17.7 Å². The molecular weight excluding hydrogens is 327 g/mol. The van der Waals surface area contributed by atoms with Crippen molar-refractivity contribution in [1.29, 1.82) is 0 Å². The summed E-state index contributed by atoms with van der Waals surface area (Å²) in [7, 11) is 2.24. The van der Waals surface area contributed by atoms with E-state index in [0.29, 0.717) is 0 Å². The van der Waals surface area contributed by atoms with Gasteiger partial charge in [-0.3, -0.25) is 4.90 Å². The van der Waals surface area contributed by atoms with Crippen LogP contribution < -0.4 is 0 Å². The molecule has 2 fully saturated rings. The molecule has 0 N–H and O–H groups in total. The monoisotopic (exact) mass is 356 g/mol. The number of nitrogens with zero attached hydrogens (tertiary/aromatic N) is 4. The summed E-state index contributed by atoms with van der Waals surface area (Å²) >= 11 is 0. The van der Waals surface area contributed by atoms with Gasteiger partial charge in [-0.15, -0.1) is 0 Å². The van der Waals surface area contributed by atoms with Crippen molar-refractivity contribution in [1.82, 2.24) is 19.6 Å². The van der Waals surface area contributed by atoms with Gasteiger partial charge in [-0.25, -0.2) is 9.07 Å². The number of piperidine rings is 2. The first-order valence-electron chi connectivity index (χ1n) is 9.88. The van der Waals surface area contributed by atoms with E-state index in [9.17, 15) is 4.39 Å². The van der Waals surface area contributed by atoms with E-state index in [1.165, 1.54) is 69.6 Å². The van der Waals surface area contributed by atoms with Gasteiger partial charge >= 0.3 is 0 Å². The standard InChI is InChI=1S/C21H29FN4/c1-24-9-5-18(6-10-24)19-7-11-25(12-8-19)15-17-14-23-26(16-17)21-4-2-3-20(22)13-21/h2-4,13-14,16,18-19H,5-12,15H2,1H3. The minimum atomic E-state index is -0.226. The Balaban J connectivity index is 1.29. The first kappa shape index (κ1) is 17.7. The van der Waals surface area contributed by atoms with Crippen molar-refractivity contribution in [2.24, 2.45) is 11.8 Å². The van der Waals surface area contributed by atoms with Gasteiger partial charge in [0, 0.05) is 18.3 Å². The molecule has 2 saturated heterocycles. The Kier molecular flexibility index (Phi) is 5.36. The third-order valence-corrected chi connectivity index (χ3v) is 6.18. The first-order valence-corrected chi connectivity index (χ1v) is 9.88. The van der Waals surface area contributed by atoms with E-state index >= 15 is 0 Å². The van der Waals surface area contributed by atoms with Crippen LogP contribution in [-0.2, 0) is 6.54 Å². The zero-order valence-electron chi connectivity index (χ0n) is 15.6. The molecule has 0 atom stereocenters. The van der Waals surface area contributed by atoms with Crippen LogP contribution in [0.3, 0.4) is 0 Å². The molecule has 0 amide bonds. The predicted octanol–water partition coefficient (Wildman–Crippen LogP) is 3.57. The van der Waals surface area contributed by atoms with Crippen LogP contribution in [0.4, 0.5) is 4.39 Å². The summed E-state index contributed by atoms with van der Waals surface area (Å²) in [4.78, 5) is 5.00. The molecule has 1 aromatic carbocycles. The Morgan fingerprint density at radius 3 is 2.42 bits per heavy atom. The van der Waals surface area contributed by atoms with Gasteiger partial charge in [0.05, 0.1) is 11.9 Å². The van der Waals surface area contributed by atoms with E-state index in [1.807, 2.05) is 18.5 Å². The molecule has 0 spiro atoms. The molecule has 140 valence electrons. The highest BCUT2D eigenvalue weighted by Gasteiger charge is 2.28. The number of hydrogen-bond donors (Lipinski definition) is 0. The molecule has 3 heterocycles. The van der Waals surface area contributed by atoms with Crippen molar-refractivity contribution in [3.63, 3.8) is 0 Å². The van der Waals surface area contributed by atoms with E-state index in [4.69, 9.17) is 0 Å². The molecule has 26 heavy (non-hydrogen) atoms. The van der Waals surface area contributed by atoms with Gasteiger partial charge in [-0.05, 0) is 88.9 Å². The highest BCUT2D eigenvalue weighted by Crippen LogP contribution is 2.32. The van der Waals surface area contributed by atoms with Gasteiger partial charge in [-0.1, -0.05) is 6.07 Å². The molecular formula is C21H29FN4. The van der Waals surface area contributed by atoms with E-state index in [-0.39, 0.29) is 5.82 Å². The second-order valence-corrected chi connectivity index (χ2v) is 8.03. The van der Waals surface area contributed by atoms with E-state index in [1.54, 1.807) is 10.7 Å². The Morgan fingerprint density at radius 1 is 1.04 bits per heavy atom. The Hall–Kier alpha value is -1.72. The Morgan fingerprint density at radius 2 is 1.73 bits per heavy atom. The quantitative estimate of drug-likeness (QED) is 0.837. The van der Waals surface area contributed by atoms with Crippen LogP contribution >= 0.6 is 0 Å². The molecule has 0 radical (unpaired) electrons. The van der Waals surface area contributed by atoms with Crippen molar-refractivity contribution in [3.05, 3.63) is 48.0 Å². The summed E-state index contributed by atoms with van der Waals surface area (Å²) in [6.45, 7) is 5.84. The van der Waals surface area contributed by atoms with Crippen LogP contribution in [0.1, 0.15) is 31.2 Å². The van der Waals surface area contributed by atoms with Crippen LogP contribution in [0.25, 0.3) is 5.69 Å². The SMILES string of the molecule is CN1CCC(C2CCN(Cc3cnn(-c4cccc(F)c4)c3)CC2)CC1. The Bertz CT molecular complexity index is 712. The summed E-state index contributed by atoms with van der Waals surface area (Å²) in [5.74, 6) is 1.62. The zero-order chi connectivity index (χ0) is 17.9. The van der Waals surface area contributed by atoms with Gasteiger partial charge < -0.3 is 4.90 Å². The number of likely N-dealkylation sites (tertiary alicyclic amines) is 2. The number of halogens is 1. The fourth-order valence-electron chi connectivity index (χ4n) is 4.54. The molecule has 5 heteroatoms. The molecule has 0 unspecified atom stereocenters. The van der Waals surface area contributed by atoms with E-state index < -0.39 is 0 Å². The van der Waals surface area contributed by atoms with Crippen LogP contribution in [0.15, 0.2) is 36.7 Å². The largest absolute Gasteiger partial charge is 0.306 e. The molecule has 0 aliphatic carbocycles. The number of benzene rings is 1. The highest BCUT2D eigenvalue weighted by molar-refractivity contribution is 5.31. The van der Waals surface area contributed by atoms with Crippen molar-refractivity contribution >= 4 is 0 Å². The lowest BCUT2D eigenvalue weighted by atomic mass is 9.79.